The minimum atomic E-state index is 0.527. The summed E-state index contributed by atoms with van der Waals surface area (Å²) in [7, 11) is 0. The molecule has 0 radical (unpaired) electrons. The van der Waals surface area contributed by atoms with Crippen LogP contribution < -0.4 is 10.1 Å². The molecule has 2 rings (SSSR count). The zero-order valence-electron chi connectivity index (χ0n) is 12.2. The maximum atomic E-state index is 5.54. The Morgan fingerprint density at radius 1 is 1.32 bits per heavy atom. The van der Waals surface area contributed by atoms with Crippen molar-refractivity contribution in [1.29, 1.82) is 0 Å². The van der Waals surface area contributed by atoms with E-state index in [1.165, 1.54) is 19.3 Å². The van der Waals surface area contributed by atoms with Gasteiger partial charge in [-0.25, -0.2) is 9.97 Å². The van der Waals surface area contributed by atoms with Gasteiger partial charge in [-0.05, 0) is 31.1 Å². The summed E-state index contributed by atoms with van der Waals surface area (Å²) >= 11 is 0. The maximum Gasteiger partial charge on any atom is 0.218 e. The summed E-state index contributed by atoms with van der Waals surface area (Å²) in [6.45, 7) is 7.42. The molecule has 1 aromatic rings. The lowest BCUT2D eigenvalue weighted by molar-refractivity contribution is 0.305. The molecule has 19 heavy (non-hydrogen) atoms. The summed E-state index contributed by atoms with van der Waals surface area (Å²) in [6.07, 6.45) is 6.39. The second-order valence-corrected chi connectivity index (χ2v) is 5.45. The number of nitrogens with one attached hydrogen (secondary N) is 1. The van der Waals surface area contributed by atoms with Crippen LogP contribution in [0.1, 0.15) is 46.5 Å². The van der Waals surface area contributed by atoms with E-state index in [1.54, 1.807) is 6.33 Å². The van der Waals surface area contributed by atoms with Crippen LogP contribution >= 0.6 is 0 Å². The molecule has 1 aliphatic carbocycles. The molecule has 106 valence electrons. The number of ether oxygens (including phenoxy) is 1. The van der Waals surface area contributed by atoms with Crippen molar-refractivity contribution in [2.75, 3.05) is 11.9 Å². The van der Waals surface area contributed by atoms with Gasteiger partial charge in [0, 0.05) is 12.1 Å². The predicted octanol–water partition coefficient (Wildman–Crippen LogP) is 3.50. The molecule has 4 nitrogen and oxygen atoms in total. The first kappa shape index (κ1) is 14.1. The van der Waals surface area contributed by atoms with Crippen LogP contribution in [-0.2, 0) is 0 Å². The van der Waals surface area contributed by atoms with Crippen molar-refractivity contribution in [2.45, 2.75) is 52.5 Å². The fraction of sp³-hybridized carbons (Fsp3) is 0.733. The maximum absolute atomic E-state index is 5.54. The molecule has 1 heterocycles. The third-order valence-electron chi connectivity index (χ3n) is 4.18. The van der Waals surface area contributed by atoms with Crippen molar-refractivity contribution in [1.82, 2.24) is 9.97 Å². The molecule has 0 amide bonds. The Labute approximate surface area is 116 Å². The Hall–Kier alpha value is -1.32. The molecule has 3 atom stereocenters. The molecule has 0 aromatic carbocycles. The minimum Gasteiger partial charge on any atom is -0.478 e. The van der Waals surface area contributed by atoms with E-state index < -0.39 is 0 Å². The third kappa shape index (κ3) is 3.58. The van der Waals surface area contributed by atoms with Gasteiger partial charge < -0.3 is 10.1 Å². The first-order chi connectivity index (χ1) is 9.24. The van der Waals surface area contributed by atoms with Crippen molar-refractivity contribution in [3.63, 3.8) is 0 Å². The summed E-state index contributed by atoms with van der Waals surface area (Å²) in [6, 6.07) is 2.43. The van der Waals surface area contributed by atoms with Crippen LogP contribution in [-0.4, -0.2) is 22.6 Å². The molecule has 1 saturated carbocycles. The standard InChI is InChI=1S/C15H25N3O/c1-4-8-19-15-9-14(16-10-17-15)18-13-7-6-12(5-2)11(13)3/h9-13H,4-8H2,1-3H3,(H,16,17,18). The van der Waals surface area contributed by atoms with Gasteiger partial charge in [-0.1, -0.05) is 27.2 Å². The Kier molecular flexibility index (Phi) is 5.00. The topological polar surface area (TPSA) is 47.0 Å². The van der Waals surface area contributed by atoms with Gasteiger partial charge in [0.1, 0.15) is 12.1 Å². The normalized spacial score (nSPS) is 26.4. The fourth-order valence-electron chi connectivity index (χ4n) is 2.92. The lowest BCUT2D eigenvalue weighted by Gasteiger charge is -2.21. The molecule has 3 unspecified atom stereocenters. The Bertz CT molecular complexity index is 397. The summed E-state index contributed by atoms with van der Waals surface area (Å²) < 4.78 is 5.54. The highest BCUT2D eigenvalue weighted by molar-refractivity contribution is 5.38. The second-order valence-electron chi connectivity index (χ2n) is 5.45. The van der Waals surface area contributed by atoms with Gasteiger partial charge in [0.25, 0.3) is 0 Å². The van der Waals surface area contributed by atoms with Gasteiger partial charge in [-0.3, -0.25) is 0 Å². The van der Waals surface area contributed by atoms with Crippen LogP contribution in [0.15, 0.2) is 12.4 Å². The molecule has 0 aliphatic heterocycles. The van der Waals surface area contributed by atoms with Crippen molar-refractivity contribution in [3.8, 4) is 5.88 Å². The molecule has 0 saturated heterocycles. The van der Waals surface area contributed by atoms with Crippen LogP contribution in [0.4, 0.5) is 5.82 Å². The number of rotatable bonds is 6. The molecule has 4 heteroatoms. The lowest BCUT2D eigenvalue weighted by atomic mass is 9.93. The highest BCUT2D eigenvalue weighted by Crippen LogP contribution is 2.35. The fourth-order valence-corrected chi connectivity index (χ4v) is 2.92. The molecular weight excluding hydrogens is 238 g/mol. The van der Waals surface area contributed by atoms with Crippen molar-refractivity contribution >= 4 is 5.82 Å². The second kappa shape index (κ2) is 6.73. The van der Waals surface area contributed by atoms with Gasteiger partial charge in [0.15, 0.2) is 0 Å². The first-order valence-electron chi connectivity index (χ1n) is 7.46. The third-order valence-corrected chi connectivity index (χ3v) is 4.18. The zero-order chi connectivity index (χ0) is 13.7. The first-order valence-corrected chi connectivity index (χ1v) is 7.46. The smallest absolute Gasteiger partial charge is 0.218 e. The highest BCUT2D eigenvalue weighted by atomic mass is 16.5. The summed E-state index contributed by atoms with van der Waals surface area (Å²) in [5.41, 5.74) is 0. The predicted molar refractivity (Wildman–Crippen MR) is 77.4 cm³/mol. The number of anilines is 1. The van der Waals surface area contributed by atoms with E-state index in [0.717, 1.165) is 18.2 Å². The van der Waals surface area contributed by atoms with Gasteiger partial charge >= 0.3 is 0 Å². The monoisotopic (exact) mass is 263 g/mol. The van der Waals surface area contributed by atoms with Crippen LogP contribution in [0.2, 0.25) is 0 Å². The van der Waals surface area contributed by atoms with Crippen molar-refractivity contribution < 1.29 is 4.74 Å². The average molecular weight is 263 g/mol. The molecular formula is C15H25N3O. The molecule has 1 aliphatic rings. The van der Waals surface area contributed by atoms with Crippen LogP contribution in [0.25, 0.3) is 0 Å². The Morgan fingerprint density at radius 3 is 2.84 bits per heavy atom. The van der Waals surface area contributed by atoms with Crippen LogP contribution in [0, 0.1) is 11.8 Å². The van der Waals surface area contributed by atoms with E-state index in [-0.39, 0.29) is 0 Å². The molecule has 1 fully saturated rings. The van der Waals surface area contributed by atoms with Gasteiger partial charge in [0.05, 0.1) is 6.61 Å². The number of nitrogens with zero attached hydrogens (tertiary/aromatic N) is 2. The van der Waals surface area contributed by atoms with Gasteiger partial charge in [0.2, 0.25) is 5.88 Å². The van der Waals surface area contributed by atoms with Crippen molar-refractivity contribution in [3.05, 3.63) is 12.4 Å². The lowest BCUT2D eigenvalue weighted by Crippen LogP contribution is -2.25. The van der Waals surface area contributed by atoms with E-state index in [1.807, 2.05) is 6.07 Å². The van der Waals surface area contributed by atoms with Crippen LogP contribution in [0.5, 0.6) is 5.88 Å². The Balaban J connectivity index is 1.95. The largest absolute Gasteiger partial charge is 0.478 e. The molecule has 1 aromatic heterocycles. The van der Waals surface area contributed by atoms with Gasteiger partial charge in [-0.2, -0.15) is 0 Å². The minimum absolute atomic E-state index is 0.527. The number of aromatic nitrogens is 2. The van der Waals surface area contributed by atoms with Gasteiger partial charge in [-0.15, -0.1) is 0 Å². The summed E-state index contributed by atoms with van der Waals surface area (Å²) in [5, 5.41) is 3.54. The average Bonchev–Trinajstić information content (AvgIpc) is 2.78. The van der Waals surface area contributed by atoms with E-state index in [0.29, 0.717) is 24.4 Å². The molecule has 1 N–H and O–H groups in total. The van der Waals surface area contributed by atoms with Crippen molar-refractivity contribution in [2.24, 2.45) is 11.8 Å². The van der Waals surface area contributed by atoms with E-state index >= 15 is 0 Å². The van der Waals surface area contributed by atoms with E-state index in [9.17, 15) is 0 Å². The quantitative estimate of drug-likeness (QED) is 0.853. The summed E-state index contributed by atoms with van der Waals surface area (Å²) in [4.78, 5) is 8.42. The molecule has 0 bridgehead atoms. The van der Waals surface area contributed by atoms with E-state index in [2.05, 4.69) is 36.1 Å². The highest BCUT2D eigenvalue weighted by Gasteiger charge is 2.31. The zero-order valence-corrected chi connectivity index (χ0v) is 12.2. The SMILES string of the molecule is CCCOc1cc(NC2CCC(CC)C2C)ncn1. The Morgan fingerprint density at radius 2 is 2.16 bits per heavy atom. The number of hydrogen-bond acceptors (Lipinski definition) is 4. The molecule has 0 spiro atoms. The number of hydrogen-bond donors (Lipinski definition) is 1. The summed E-state index contributed by atoms with van der Waals surface area (Å²) in [5.74, 6) is 3.10. The van der Waals surface area contributed by atoms with E-state index in [4.69, 9.17) is 4.74 Å². The van der Waals surface area contributed by atoms with Crippen LogP contribution in [0.3, 0.4) is 0 Å².